The minimum absolute atomic E-state index is 0.514. The van der Waals surface area contributed by atoms with E-state index in [1.54, 1.807) is 0 Å². The first-order chi connectivity index (χ1) is 9.75. The second kappa shape index (κ2) is 5.87. The summed E-state index contributed by atoms with van der Waals surface area (Å²) < 4.78 is 2.03. The van der Waals surface area contributed by atoms with E-state index in [9.17, 15) is 0 Å². The van der Waals surface area contributed by atoms with E-state index in [4.69, 9.17) is 0 Å². The molecule has 2 aromatic heterocycles. The van der Waals surface area contributed by atoms with Gasteiger partial charge in [-0.15, -0.1) is 0 Å². The molecule has 3 rings (SSSR count). The number of rotatable bonds is 3. The zero-order valence-corrected chi connectivity index (χ0v) is 12.7. The van der Waals surface area contributed by atoms with Crippen molar-refractivity contribution in [2.75, 3.05) is 11.1 Å². The Hall–Kier alpha value is -1.49. The van der Waals surface area contributed by atoms with Crippen molar-refractivity contribution >= 4 is 17.4 Å². The van der Waals surface area contributed by atoms with Crippen LogP contribution in [0.5, 0.6) is 0 Å². The van der Waals surface area contributed by atoms with Gasteiger partial charge in [0.05, 0.1) is 5.69 Å². The van der Waals surface area contributed by atoms with Crippen LogP contribution in [0.4, 0.5) is 5.69 Å². The third-order valence-electron chi connectivity index (χ3n) is 3.79. The Morgan fingerprint density at radius 3 is 3.00 bits per heavy atom. The molecule has 20 heavy (non-hydrogen) atoms. The largest absolute Gasteiger partial charge is 0.378 e. The van der Waals surface area contributed by atoms with E-state index >= 15 is 0 Å². The molecule has 2 unspecified atom stereocenters. The summed E-state index contributed by atoms with van der Waals surface area (Å²) in [4.78, 5) is 8.81. The van der Waals surface area contributed by atoms with E-state index in [-0.39, 0.29) is 0 Å². The van der Waals surface area contributed by atoms with Crippen LogP contribution in [0, 0.1) is 6.92 Å². The number of hydrogen-bond donors (Lipinski definition) is 1. The van der Waals surface area contributed by atoms with Gasteiger partial charge in [-0.25, -0.2) is 9.97 Å². The molecule has 0 spiro atoms. The first-order valence-electron chi connectivity index (χ1n) is 7.09. The molecule has 3 heterocycles. The quantitative estimate of drug-likeness (QED) is 0.941. The summed E-state index contributed by atoms with van der Waals surface area (Å²) in [6.45, 7) is 4.30. The highest BCUT2D eigenvalue weighted by atomic mass is 32.2. The van der Waals surface area contributed by atoms with Crippen molar-refractivity contribution in [1.29, 1.82) is 0 Å². The lowest BCUT2D eigenvalue weighted by atomic mass is 10.1. The molecule has 1 aliphatic rings. The average molecular weight is 288 g/mol. The van der Waals surface area contributed by atoms with Crippen LogP contribution < -0.4 is 5.32 Å². The first-order valence-corrected chi connectivity index (χ1v) is 8.14. The van der Waals surface area contributed by atoms with Crippen LogP contribution in [-0.2, 0) is 0 Å². The minimum Gasteiger partial charge on any atom is -0.378 e. The van der Waals surface area contributed by atoms with Gasteiger partial charge in [0, 0.05) is 29.9 Å². The van der Waals surface area contributed by atoms with Crippen molar-refractivity contribution < 1.29 is 0 Å². The standard InChI is InChI=1S/C15H20N4S/c1-11-13(6-4-10-20-11)18-14-5-3-7-17-15(14)19-9-8-16-12(19)2/h3,5,7-9,11,13,18H,4,6,10H2,1-2H3. The SMILES string of the molecule is Cc1nccn1-c1ncccc1NC1CCCSC1C. The number of nitrogens with zero attached hydrogens (tertiary/aromatic N) is 3. The summed E-state index contributed by atoms with van der Waals surface area (Å²) in [6, 6.07) is 4.60. The van der Waals surface area contributed by atoms with Crippen LogP contribution in [0.1, 0.15) is 25.6 Å². The van der Waals surface area contributed by atoms with Gasteiger partial charge in [0.1, 0.15) is 5.82 Å². The fraction of sp³-hybridized carbons (Fsp3) is 0.467. The van der Waals surface area contributed by atoms with Crippen LogP contribution >= 0.6 is 11.8 Å². The topological polar surface area (TPSA) is 42.7 Å². The van der Waals surface area contributed by atoms with Crippen molar-refractivity contribution in [3.8, 4) is 5.82 Å². The Morgan fingerprint density at radius 1 is 1.35 bits per heavy atom. The third kappa shape index (κ3) is 2.68. The predicted molar refractivity (Wildman–Crippen MR) is 84.7 cm³/mol. The van der Waals surface area contributed by atoms with Gasteiger partial charge in [0.15, 0.2) is 5.82 Å². The third-order valence-corrected chi connectivity index (χ3v) is 5.17. The maximum Gasteiger partial charge on any atom is 0.161 e. The smallest absolute Gasteiger partial charge is 0.161 e. The molecular formula is C15H20N4S. The maximum atomic E-state index is 4.53. The van der Waals surface area contributed by atoms with Gasteiger partial charge in [-0.3, -0.25) is 4.57 Å². The van der Waals surface area contributed by atoms with E-state index in [0.717, 1.165) is 17.3 Å². The molecule has 4 nitrogen and oxygen atoms in total. The monoisotopic (exact) mass is 288 g/mol. The summed E-state index contributed by atoms with van der Waals surface area (Å²) in [7, 11) is 0. The fourth-order valence-electron chi connectivity index (χ4n) is 2.62. The van der Waals surface area contributed by atoms with Gasteiger partial charge in [-0.1, -0.05) is 6.92 Å². The summed E-state index contributed by atoms with van der Waals surface area (Å²) in [5, 5.41) is 4.32. The number of imidazole rings is 1. The molecule has 0 amide bonds. The summed E-state index contributed by atoms with van der Waals surface area (Å²) in [6.07, 6.45) is 8.12. The molecule has 1 aliphatic heterocycles. The Balaban J connectivity index is 1.88. The lowest BCUT2D eigenvalue weighted by molar-refractivity contribution is 0.616. The van der Waals surface area contributed by atoms with Crippen molar-refractivity contribution in [3.63, 3.8) is 0 Å². The fourth-order valence-corrected chi connectivity index (χ4v) is 3.76. The number of hydrogen-bond acceptors (Lipinski definition) is 4. The van der Waals surface area contributed by atoms with E-state index in [0.29, 0.717) is 11.3 Å². The molecule has 5 heteroatoms. The Bertz CT molecular complexity index is 581. The number of nitrogens with one attached hydrogen (secondary N) is 1. The molecule has 2 atom stereocenters. The molecule has 0 aromatic carbocycles. The Morgan fingerprint density at radius 2 is 2.25 bits per heavy atom. The van der Waals surface area contributed by atoms with Crippen LogP contribution in [0.3, 0.4) is 0 Å². The molecular weight excluding hydrogens is 268 g/mol. The van der Waals surface area contributed by atoms with E-state index in [1.165, 1.54) is 18.6 Å². The van der Waals surface area contributed by atoms with Crippen molar-refractivity contribution in [2.24, 2.45) is 0 Å². The van der Waals surface area contributed by atoms with Crippen LogP contribution in [0.2, 0.25) is 0 Å². The second-order valence-corrected chi connectivity index (χ2v) is 6.67. The highest BCUT2D eigenvalue weighted by Gasteiger charge is 2.22. The van der Waals surface area contributed by atoms with Crippen LogP contribution in [-0.4, -0.2) is 31.6 Å². The average Bonchev–Trinajstić information content (AvgIpc) is 2.88. The van der Waals surface area contributed by atoms with Gasteiger partial charge in [-0.2, -0.15) is 11.8 Å². The van der Waals surface area contributed by atoms with Gasteiger partial charge in [0.2, 0.25) is 0 Å². The van der Waals surface area contributed by atoms with Crippen molar-refractivity contribution in [2.45, 2.75) is 38.0 Å². The number of pyridine rings is 1. The second-order valence-electron chi connectivity index (χ2n) is 5.19. The first kappa shape index (κ1) is 13.5. The van der Waals surface area contributed by atoms with Crippen LogP contribution in [0.25, 0.3) is 5.82 Å². The normalized spacial score (nSPS) is 22.7. The number of aryl methyl sites for hydroxylation is 1. The van der Waals surface area contributed by atoms with Crippen molar-refractivity contribution in [3.05, 3.63) is 36.5 Å². The van der Waals surface area contributed by atoms with Crippen molar-refractivity contribution in [1.82, 2.24) is 14.5 Å². The van der Waals surface area contributed by atoms with Gasteiger partial charge in [-0.05, 0) is 37.7 Å². The summed E-state index contributed by atoms with van der Waals surface area (Å²) in [5.74, 6) is 3.17. The molecule has 0 bridgehead atoms. The molecule has 1 saturated heterocycles. The lowest BCUT2D eigenvalue weighted by Crippen LogP contribution is -2.33. The predicted octanol–water partition coefficient (Wildman–Crippen LogP) is 3.27. The number of anilines is 1. The van der Waals surface area contributed by atoms with E-state index in [1.807, 2.05) is 47.9 Å². The van der Waals surface area contributed by atoms with Gasteiger partial charge in [0.25, 0.3) is 0 Å². The highest BCUT2D eigenvalue weighted by molar-refractivity contribution is 8.00. The maximum absolute atomic E-state index is 4.53. The molecule has 1 N–H and O–H groups in total. The van der Waals surface area contributed by atoms with E-state index < -0.39 is 0 Å². The summed E-state index contributed by atoms with van der Waals surface area (Å²) >= 11 is 2.05. The molecule has 2 aromatic rings. The summed E-state index contributed by atoms with van der Waals surface area (Å²) in [5.41, 5.74) is 1.09. The zero-order chi connectivity index (χ0) is 13.9. The van der Waals surface area contributed by atoms with Gasteiger partial charge >= 0.3 is 0 Å². The van der Waals surface area contributed by atoms with Crippen LogP contribution in [0.15, 0.2) is 30.7 Å². The molecule has 1 fully saturated rings. The molecule has 0 radical (unpaired) electrons. The molecule has 0 aliphatic carbocycles. The number of aromatic nitrogens is 3. The highest BCUT2D eigenvalue weighted by Crippen LogP contribution is 2.29. The molecule has 0 saturated carbocycles. The van der Waals surface area contributed by atoms with Gasteiger partial charge < -0.3 is 5.32 Å². The lowest BCUT2D eigenvalue weighted by Gasteiger charge is -2.30. The minimum atomic E-state index is 0.514. The van der Waals surface area contributed by atoms with E-state index in [2.05, 4.69) is 28.3 Å². The molecule has 106 valence electrons. The number of thioether (sulfide) groups is 1. The zero-order valence-electron chi connectivity index (χ0n) is 11.9. The Kier molecular flexibility index (Phi) is 3.96. The Labute approximate surface area is 124 Å².